The number of carbonyl (C=O) groups is 1. The number of rotatable bonds is 5. The zero-order valence-electron chi connectivity index (χ0n) is 14.0. The molecule has 1 heterocycles. The minimum Gasteiger partial charge on any atom is -0.468 e. The summed E-state index contributed by atoms with van der Waals surface area (Å²) in [6.45, 7) is 4.71. The van der Waals surface area contributed by atoms with Gasteiger partial charge in [0.05, 0.1) is 7.11 Å². The molecule has 0 amide bonds. The van der Waals surface area contributed by atoms with E-state index in [1.807, 2.05) is 42.5 Å². The lowest BCUT2D eigenvalue weighted by molar-refractivity contribution is -0.146. The van der Waals surface area contributed by atoms with Gasteiger partial charge >= 0.3 is 5.97 Å². The van der Waals surface area contributed by atoms with Crippen LogP contribution in [0.1, 0.15) is 23.6 Å². The maximum Gasteiger partial charge on any atom is 0.323 e. The molecule has 3 atom stereocenters. The van der Waals surface area contributed by atoms with Crippen LogP contribution in [-0.4, -0.2) is 24.0 Å². The summed E-state index contributed by atoms with van der Waals surface area (Å²) in [6.07, 6.45) is 2.71. The Morgan fingerprint density at radius 1 is 1.17 bits per heavy atom. The van der Waals surface area contributed by atoms with Crippen LogP contribution in [0, 0.1) is 5.92 Å². The minimum atomic E-state index is -0.247. The quantitative estimate of drug-likeness (QED) is 0.616. The second-order valence-electron chi connectivity index (χ2n) is 6.19. The van der Waals surface area contributed by atoms with Crippen LogP contribution in [0.15, 0.2) is 73.3 Å². The molecule has 2 aromatic carbocycles. The first kappa shape index (κ1) is 16.5. The van der Waals surface area contributed by atoms with Gasteiger partial charge in [-0.05, 0) is 23.5 Å². The van der Waals surface area contributed by atoms with Crippen LogP contribution in [-0.2, 0) is 16.1 Å². The third-order valence-corrected chi connectivity index (χ3v) is 4.78. The van der Waals surface area contributed by atoms with E-state index in [1.54, 1.807) is 0 Å². The molecular weight excluding hydrogens is 298 g/mol. The maximum atomic E-state index is 12.4. The average Bonchev–Trinajstić information content (AvgIpc) is 3.01. The molecular formula is C21H23NO2. The van der Waals surface area contributed by atoms with Gasteiger partial charge in [-0.15, -0.1) is 6.58 Å². The van der Waals surface area contributed by atoms with Crippen molar-refractivity contribution in [1.29, 1.82) is 0 Å². The highest BCUT2D eigenvalue weighted by Crippen LogP contribution is 2.42. The van der Waals surface area contributed by atoms with Gasteiger partial charge in [0.2, 0.25) is 0 Å². The van der Waals surface area contributed by atoms with Gasteiger partial charge in [0.15, 0.2) is 0 Å². The molecule has 24 heavy (non-hydrogen) atoms. The monoisotopic (exact) mass is 321 g/mol. The number of benzene rings is 2. The van der Waals surface area contributed by atoms with Crippen LogP contribution in [0.3, 0.4) is 0 Å². The van der Waals surface area contributed by atoms with E-state index in [9.17, 15) is 4.79 Å². The second kappa shape index (κ2) is 7.45. The number of nitrogens with zero attached hydrogens (tertiary/aromatic N) is 1. The van der Waals surface area contributed by atoms with Gasteiger partial charge in [-0.25, -0.2) is 0 Å². The van der Waals surface area contributed by atoms with Gasteiger partial charge < -0.3 is 4.74 Å². The molecule has 0 spiro atoms. The lowest BCUT2D eigenvalue weighted by atomic mass is 9.93. The number of ether oxygens (including phenoxy) is 1. The first-order valence-electron chi connectivity index (χ1n) is 8.29. The van der Waals surface area contributed by atoms with E-state index in [0.29, 0.717) is 6.54 Å². The Balaban J connectivity index is 1.98. The first-order chi connectivity index (χ1) is 11.7. The van der Waals surface area contributed by atoms with Crippen molar-refractivity contribution in [2.24, 2.45) is 5.92 Å². The van der Waals surface area contributed by atoms with Crippen molar-refractivity contribution in [3.8, 4) is 0 Å². The number of hydrogen-bond acceptors (Lipinski definition) is 3. The zero-order valence-corrected chi connectivity index (χ0v) is 14.0. The van der Waals surface area contributed by atoms with E-state index < -0.39 is 0 Å². The molecule has 0 bridgehead atoms. The van der Waals surface area contributed by atoms with Crippen molar-refractivity contribution in [2.75, 3.05) is 7.11 Å². The SMILES string of the molecule is C=C[C@@H]1C[C@H](C(=O)OC)N(Cc2ccccc2)[C@H]1c1ccccc1. The summed E-state index contributed by atoms with van der Waals surface area (Å²) in [7, 11) is 1.46. The predicted molar refractivity (Wildman–Crippen MR) is 95.3 cm³/mol. The van der Waals surface area contributed by atoms with Crippen LogP contribution in [0.25, 0.3) is 0 Å². The van der Waals surface area contributed by atoms with E-state index in [2.05, 4.69) is 35.7 Å². The normalized spacial score (nSPS) is 23.8. The van der Waals surface area contributed by atoms with Gasteiger partial charge in [0.1, 0.15) is 6.04 Å². The minimum absolute atomic E-state index is 0.132. The van der Waals surface area contributed by atoms with Gasteiger partial charge in [-0.2, -0.15) is 0 Å². The third kappa shape index (κ3) is 3.26. The Kier molecular flexibility index (Phi) is 5.11. The molecule has 1 fully saturated rings. The molecule has 0 saturated carbocycles. The topological polar surface area (TPSA) is 29.5 Å². The second-order valence-corrected chi connectivity index (χ2v) is 6.19. The number of methoxy groups -OCH3 is 1. The van der Waals surface area contributed by atoms with Crippen LogP contribution in [0.5, 0.6) is 0 Å². The number of likely N-dealkylation sites (tertiary alicyclic amines) is 1. The van der Waals surface area contributed by atoms with Crippen molar-refractivity contribution < 1.29 is 9.53 Å². The highest BCUT2D eigenvalue weighted by molar-refractivity contribution is 5.76. The van der Waals surface area contributed by atoms with Crippen molar-refractivity contribution in [1.82, 2.24) is 4.90 Å². The highest BCUT2D eigenvalue weighted by Gasteiger charge is 2.44. The molecule has 3 heteroatoms. The Bertz CT molecular complexity index is 683. The Hall–Kier alpha value is -2.39. The van der Waals surface area contributed by atoms with Gasteiger partial charge in [-0.1, -0.05) is 66.7 Å². The van der Waals surface area contributed by atoms with Crippen molar-refractivity contribution in [3.63, 3.8) is 0 Å². The largest absolute Gasteiger partial charge is 0.468 e. The summed E-state index contributed by atoms with van der Waals surface area (Å²) in [5.74, 6) is 0.0522. The molecule has 0 radical (unpaired) electrons. The van der Waals surface area contributed by atoms with Crippen LogP contribution < -0.4 is 0 Å². The van der Waals surface area contributed by atoms with Gasteiger partial charge in [-0.3, -0.25) is 9.69 Å². The van der Waals surface area contributed by atoms with E-state index in [4.69, 9.17) is 4.74 Å². The zero-order chi connectivity index (χ0) is 16.9. The number of esters is 1. The molecule has 0 aliphatic carbocycles. The summed E-state index contributed by atoms with van der Waals surface area (Å²) < 4.78 is 5.06. The molecule has 0 unspecified atom stereocenters. The number of carbonyl (C=O) groups excluding carboxylic acids is 1. The lowest BCUT2D eigenvalue weighted by Gasteiger charge is -2.30. The highest BCUT2D eigenvalue weighted by atomic mass is 16.5. The summed E-state index contributed by atoms with van der Waals surface area (Å²) in [4.78, 5) is 14.6. The van der Waals surface area contributed by atoms with Gasteiger partial charge in [0, 0.05) is 12.6 Å². The van der Waals surface area contributed by atoms with Gasteiger partial charge in [0.25, 0.3) is 0 Å². The predicted octanol–water partition coefficient (Wildman–Crippen LogP) is 3.98. The smallest absolute Gasteiger partial charge is 0.323 e. The molecule has 1 saturated heterocycles. The number of hydrogen-bond donors (Lipinski definition) is 0. The fourth-order valence-corrected chi connectivity index (χ4v) is 3.65. The average molecular weight is 321 g/mol. The molecule has 3 rings (SSSR count). The fraction of sp³-hybridized carbons (Fsp3) is 0.286. The van der Waals surface area contributed by atoms with Crippen molar-refractivity contribution in [2.45, 2.75) is 25.0 Å². The Morgan fingerprint density at radius 3 is 2.38 bits per heavy atom. The maximum absolute atomic E-state index is 12.4. The third-order valence-electron chi connectivity index (χ3n) is 4.78. The first-order valence-corrected chi connectivity index (χ1v) is 8.29. The molecule has 1 aliphatic rings. The van der Waals surface area contributed by atoms with Crippen LogP contribution in [0.4, 0.5) is 0 Å². The van der Waals surface area contributed by atoms with Crippen molar-refractivity contribution in [3.05, 3.63) is 84.4 Å². The van der Waals surface area contributed by atoms with Crippen molar-refractivity contribution >= 4 is 5.97 Å². The Morgan fingerprint density at radius 2 is 1.79 bits per heavy atom. The molecule has 1 aliphatic heterocycles. The molecule has 2 aromatic rings. The summed E-state index contributed by atoms with van der Waals surface area (Å²) in [5, 5.41) is 0. The van der Waals surface area contributed by atoms with E-state index >= 15 is 0 Å². The van der Waals surface area contributed by atoms with Crippen LogP contribution in [0.2, 0.25) is 0 Å². The lowest BCUT2D eigenvalue weighted by Crippen LogP contribution is -2.37. The Labute approximate surface area is 143 Å². The molecule has 0 aromatic heterocycles. The summed E-state index contributed by atoms with van der Waals surface area (Å²) >= 11 is 0. The molecule has 124 valence electrons. The van der Waals surface area contributed by atoms with E-state index in [-0.39, 0.29) is 24.0 Å². The molecule has 3 nitrogen and oxygen atoms in total. The molecule has 0 N–H and O–H groups in total. The van der Waals surface area contributed by atoms with E-state index in [0.717, 1.165) is 6.42 Å². The van der Waals surface area contributed by atoms with E-state index in [1.165, 1.54) is 18.2 Å². The summed E-state index contributed by atoms with van der Waals surface area (Å²) in [5.41, 5.74) is 2.40. The summed E-state index contributed by atoms with van der Waals surface area (Å²) in [6, 6.07) is 20.5. The standard InChI is InChI=1S/C21H23NO2/c1-3-17-14-19(21(23)24-2)22(15-16-10-6-4-7-11-16)20(17)18-12-8-5-9-13-18/h3-13,17,19-20H,1,14-15H2,2H3/t17-,19-,20-/m1/s1. The fourth-order valence-electron chi connectivity index (χ4n) is 3.65. The van der Waals surface area contributed by atoms with Crippen LogP contribution >= 0.6 is 0 Å².